The molecule has 1 heterocycles. The lowest BCUT2D eigenvalue weighted by atomic mass is 9.90. The maximum Gasteiger partial charge on any atom is 0.0846 e. The van der Waals surface area contributed by atoms with Gasteiger partial charge in [0.05, 0.1) is 18.8 Å². The Kier molecular flexibility index (Phi) is 6.57. The van der Waals surface area contributed by atoms with Gasteiger partial charge >= 0.3 is 0 Å². The van der Waals surface area contributed by atoms with Crippen molar-refractivity contribution in [2.45, 2.75) is 70.9 Å². The fraction of sp³-hybridized carbons (Fsp3) is 0.462. The predicted octanol–water partition coefficient (Wildman–Crippen LogP) is 4.42. The van der Waals surface area contributed by atoms with Gasteiger partial charge in [0.25, 0.3) is 0 Å². The van der Waals surface area contributed by atoms with Crippen LogP contribution in [0.1, 0.15) is 42.5 Å². The third-order valence-electron chi connectivity index (χ3n) is 6.78. The highest BCUT2D eigenvalue weighted by molar-refractivity contribution is 5.85. The van der Waals surface area contributed by atoms with Crippen LogP contribution in [0.2, 0.25) is 0 Å². The summed E-state index contributed by atoms with van der Waals surface area (Å²) < 4.78 is 2.24. The maximum atomic E-state index is 11.1. The summed E-state index contributed by atoms with van der Waals surface area (Å²) >= 11 is 0. The molecule has 4 heteroatoms. The van der Waals surface area contributed by atoms with E-state index in [2.05, 4.69) is 71.8 Å². The molecule has 3 aromatic rings. The van der Waals surface area contributed by atoms with E-state index in [4.69, 9.17) is 0 Å². The van der Waals surface area contributed by atoms with Crippen LogP contribution in [0, 0.1) is 13.8 Å². The van der Waals surface area contributed by atoms with Gasteiger partial charge in [0, 0.05) is 35.7 Å². The summed E-state index contributed by atoms with van der Waals surface area (Å²) in [6.07, 6.45) is 3.26. The Morgan fingerprint density at radius 2 is 1.70 bits per heavy atom. The van der Waals surface area contributed by atoms with E-state index >= 15 is 0 Å². The molecule has 0 unspecified atom stereocenters. The molecule has 0 aliphatic heterocycles. The lowest BCUT2D eigenvalue weighted by Crippen LogP contribution is -2.48. The molecule has 0 saturated heterocycles. The Morgan fingerprint density at radius 3 is 2.47 bits per heavy atom. The SMILES string of the molecule is Cc1c(C)n(C[C@H](O)CN(Cc2ccccc2)[C@H]2CCCC[C@H]2O)c2ccccc12. The van der Waals surface area contributed by atoms with Crippen LogP contribution in [0.4, 0.5) is 0 Å². The second kappa shape index (κ2) is 9.34. The molecular formula is C26H34N2O2. The molecule has 2 aromatic carbocycles. The molecule has 1 saturated carbocycles. The number of nitrogens with zero attached hydrogens (tertiary/aromatic N) is 2. The van der Waals surface area contributed by atoms with Crippen molar-refractivity contribution in [1.82, 2.24) is 9.47 Å². The van der Waals surface area contributed by atoms with Crippen molar-refractivity contribution in [2.75, 3.05) is 6.54 Å². The number of benzene rings is 2. The number of rotatable bonds is 7. The van der Waals surface area contributed by atoms with Crippen molar-refractivity contribution in [3.63, 3.8) is 0 Å². The van der Waals surface area contributed by atoms with Crippen molar-refractivity contribution in [1.29, 1.82) is 0 Å². The highest BCUT2D eigenvalue weighted by Gasteiger charge is 2.30. The molecule has 160 valence electrons. The highest BCUT2D eigenvalue weighted by atomic mass is 16.3. The van der Waals surface area contributed by atoms with Gasteiger partial charge in [-0.25, -0.2) is 0 Å². The molecule has 0 radical (unpaired) electrons. The zero-order valence-electron chi connectivity index (χ0n) is 18.2. The van der Waals surface area contributed by atoms with Crippen LogP contribution in [-0.4, -0.2) is 44.5 Å². The van der Waals surface area contributed by atoms with Crippen LogP contribution >= 0.6 is 0 Å². The first-order chi connectivity index (χ1) is 14.5. The van der Waals surface area contributed by atoms with E-state index in [-0.39, 0.29) is 12.1 Å². The quantitative estimate of drug-likeness (QED) is 0.610. The summed E-state index contributed by atoms with van der Waals surface area (Å²) in [4.78, 5) is 2.30. The lowest BCUT2D eigenvalue weighted by Gasteiger charge is -2.39. The van der Waals surface area contributed by atoms with Gasteiger partial charge in [0.2, 0.25) is 0 Å². The van der Waals surface area contributed by atoms with Gasteiger partial charge in [0.15, 0.2) is 0 Å². The summed E-state index contributed by atoms with van der Waals surface area (Å²) in [6.45, 7) is 6.16. The molecule has 2 N–H and O–H groups in total. The molecular weight excluding hydrogens is 372 g/mol. The largest absolute Gasteiger partial charge is 0.391 e. The molecule has 30 heavy (non-hydrogen) atoms. The first-order valence-electron chi connectivity index (χ1n) is 11.2. The normalized spacial score (nSPS) is 20.7. The Balaban J connectivity index is 1.54. The van der Waals surface area contributed by atoms with E-state index in [0.29, 0.717) is 13.1 Å². The van der Waals surface area contributed by atoms with Crippen molar-refractivity contribution < 1.29 is 10.2 Å². The van der Waals surface area contributed by atoms with Crippen LogP contribution in [-0.2, 0) is 13.1 Å². The number of aryl methyl sites for hydroxylation is 1. The summed E-state index contributed by atoms with van der Waals surface area (Å²) in [5.74, 6) is 0. The zero-order valence-corrected chi connectivity index (χ0v) is 18.2. The first kappa shape index (κ1) is 21.1. The zero-order chi connectivity index (χ0) is 21.1. The second-order valence-corrected chi connectivity index (χ2v) is 8.83. The number of aromatic nitrogens is 1. The third-order valence-corrected chi connectivity index (χ3v) is 6.78. The average molecular weight is 407 g/mol. The van der Waals surface area contributed by atoms with Gasteiger partial charge in [-0.05, 0) is 43.9 Å². The van der Waals surface area contributed by atoms with Gasteiger partial charge in [0.1, 0.15) is 0 Å². The summed E-state index contributed by atoms with van der Waals surface area (Å²) in [5, 5.41) is 23.1. The smallest absolute Gasteiger partial charge is 0.0846 e. The summed E-state index contributed by atoms with van der Waals surface area (Å²) in [5.41, 5.74) is 4.89. The summed E-state index contributed by atoms with van der Waals surface area (Å²) in [7, 11) is 0. The molecule has 3 atom stereocenters. The third kappa shape index (κ3) is 4.46. The van der Waals surface area contributed by atoms with E-state index in [1.165, 1.54) is 27.7 Å². The second-order valence-electron chi connectivity index (χ2n) is 8.83. The molecule has 1 aliphatic rings. The highest BCUT2D eigenvalue weighted by Crippen LogP contribution is 2.27. The Bertz CT molecular complexity index is 966. The van der Waals surface area contributed by atoms with Crippen LogP contribution in [0.5, 0.6) is 0 Å². The number of fused-ring (bicyclic) bond motifs is 1. The van der Waals surface area contributed by atoms with Crippen molar-refractivity contribution in [2.24, 2.45) is 0 Å². The Labute approximate surface area is 179 Å². The fourth-order valence-electron chi connectivity index (χ4n) is 5.03. The molecule has 0 bridgehead atoms. The molecule has 4 nitrogen and oxygen atoms in total. The van der Waals surface area contributed by atoms with Crippen LogP contribution in [0.15, 0.2) is 54.6 Å². The van der Waals surface area contributed by atoms with Crippen molar-refractivity contribution in [3.8, 4) is 0 Å². The van der Waals surface area contributed by atoms with Gasteiger partial charge in [-0.1, -0.05) is 61.4 Å². The van der Waals surface area contributed by atoms with Crippen molar-refractivity contribution >= 4 is 10.9 Å². The molecule has 1 aromatic heterocycles. The van der Waals surface area contributed by atoms with Gasteiger partial charge in [-0.2, -0.15) is 0 Å². The van der Waals surface area contributed by atoms with E-state index < -0.39 is 6.10 Å². The molecule has 0 amide bonds. The van der Waals surface area contributed by atoms with E-state index in [1.807, 2.05) is 6.07 Å². The standard InChI is InChI=1S/C26H34N2O2/c1-19-20(2)28(24-13-7-6-12-23(19)24)18-22(29)17-27(16-21-10-4-3-5-11-21)25-14-8-9-15-26(25)30/h3-7,10-13,22,25-26,29-30H,8-9,14-18H2,1-2H3/t22-,25+,26-/m1/s1. The monoisotopic (exact) mass is 406 g/mol. The number of hydrogen-bond donors (Lipinski definition) is 2. The van der Waals surface area contributed by atoms with E-state index in [9.17, 15) is 10.2 Å². The van der Waals surface area contributed by atoms with Crippen LogP contribution in [0.3, 0.4) is 0 Å². The molecule has 4 rings (SSSR count). The van der Waals surface area contributed by atoms with Gasteiger partial charge in [-0.3, -0.25) is 4.90 Å². The van der Waals surface area contributed by atoms with E-state index in [0.717, 1.165) is 32.2 Å². The molecule has 0 spiro atoms. The Hall–Kier alpha value is -2.14. The summed E-state index contributed by atoms with van der Waals surface area (Å²) in [6, 6.07) is 18.9. The molecule has 1 fully saturated rings. The lowest BCUT2D eigenvalue weighted by molar-refractivity contribution is -0.00883. The fourth-order valence-corrected chi connectivity index (χ4v) is 5.03. The molecule has 1 aliphatic carbocycles. The maximum absolute atomic E-state index is 11.1. The number of hydrogen-bond acceptors (Lipinski definition) is 3. The van der Waals surface area contributed by atoms with Crippen LogP contribution < -0.4 is 0 Å². The van der Waals surface area contributed by atoms with Crippen LogP contribution in [0.25, 0.3) is 10.9 Å². The minimum Gasteiger partial charge on any atom is -0.391 e. The van der Waals surface area contributed by atoms with Gasteiger partial charge in [-0.15, -0.1) is 0 Å². The topological polar surface area (TPSA) is 48.6 Å². The van der Waals surface area contributed by atoms with Gasteiger partial charge < -0.3 is 14.8 Å². The number of aliphatic hydroxyl groups excluding tert-OH is 2. The number of para-hydroxylation sites is 1. The van der Waals surface area contributed by atoms with E-state index in [1.54, 1.807) is 0 Å². The Morgan fingerprint density at radius 1 is 1.00 bits per heavy atom. The minimum absolute atomic E-state index is 0.109. The van der Waals surface area contributed by atoms with Crippen molar-refractivity contribution in [3.05, 3.63) is 71.4 Å². The first-order valence-corrected chi connectivity index (χ1v) is 11.2. The minimum atomic E-state index is -0.503. The number of aliphatic hydroxyl groups is 2. The average Bonchev–Trinajstić information content (AvgIpc) is 2.99. The predicted molar refractivity (Wildman–Crippen MR) is 123 cm³/mol.